The van der Waals surface area contributed by atoms with Crippen molar-refractivity contribution in [3.05, 3.63) is 96.2 Å². The van der Waals surface area contributed by atoms with E-state index in [2.05, 4.69) is 34.6 Å². The number of H-pyrrole nitrogens is 1. The molecular weight excluding hydrogens is 426 g/mol. The Bertz CT molecular complexity index is 1280. The summed E-state index contributed by atoms with van der Waals surface area (Å²) in [7, 11) is 0. The number of benzene rings is 3. The number of aromatic amines is 1. The molecule has 2 amide bonds. The quantitative estimate of drug-likeness (QED) is 0.409. The van der Waals surface area contributed by atoms with Crippen LogP contribution < -0.4 is 15.0 Å². The number of fused-ring (bicyclic) bond motifs is 1. The minimum Gasteiger partial charge on any atom is -0.484 e. The van der Waals surface area contributed by atoms with Gasteiger partial charge in [-0.1, -0.05) is 48.5 Å². The Hall–Kier alpha value is -4.06. The molecule has 1 atom stereocenters. The fourth-order valence-corrected chi connectivity index (χ4v) is 4.53. The van der Waals surface area contributed by atoms with Crippen LogP contribution >= 0.6 is 0 Å². The number of nitrogens with one attached hydrogen (secondary N) is 2. The summed E-state index contributed by atoms with van der Waals surface area (Å²) < 4.78 is 5.69. The molecule has 4 aromatic rings. The van der Waals surface area contributed by atoms with Gasteiger partial charge in [0.05, 0.1) is 0 Å². The summed E-state index contributed by atoms with van der Waals surface area (Å²) in [6.07, 6.45) is 3.51. The lowest BCUT2D eigenvalue weighted by Gasteiger charge is -2.18. The number of anilines is 1. The Morgan fingerprint density at radius 2 is 1.76 bits per heavy atom. The molecule has 6 nitrogen and oxygen atoms in total. The van der Waals surface area contributed by atoms with Gasteiger partial charge in [-0.05, 0) is 47.9 Å². The van der Waals surface area contributed by atoms with Gasteiger partial charge in [-0.3, -0.25) is 9.59 Å². The number of nitrogens with zero attached hydrogens (tertiary/aromatic N) is 1. The number of para-hydroxylation sites is 1. The van der Waals surface area contributed by atoms with Crippen molar-refractivity contribution in [2.24, 2.45) is 0 Å². The van der Waals surface area contributed by atoms with Crippen LogP contribution in [0.4, 0.5) is 5.69 Å². The van der Waals surface area contributed by atoms with E-state index in [-0.39, 0.29) is 24.3 Å². The maximum atomic E-state index is 12.6. The molecule has 5 rings (SSSR count). The smallest absolute Gasteiger partial charge is 0.257 e. The monoisotopic (exact) mass is 453 g/mol. The van der Waals surface area contributed by atoms with E-state index >= 15 is 0 Å². The minimum atomic E-state index is -0.181. The molecule has 34 heavy (non-hydrogen) atoms. The average Bonchev–Trinajstić information content (AvgIpc) is 3.50. The third kappa shape index (κ3) is 4.66. The van der Waals surface area contributed by atoms with E-state index in [0.717, 1.165) is 40.7 Å². The van der Waals surface area contributed by atoms with Crippen molar-refractivity contribution in [1.82, 2.24) is 10.3 Å². The van der Waals surface area contributed by atoms with Crippen molar-refractivity contribution in [2.45, 2.75) is 18.8 Å². The van der Waals surface area contributed by atoms with E-state index in [9.17, 15) is 9.59 Å². The number of aromatic nitrogens is 1. The molecule has 0 radical (unpaired) electrons. The van der Waals surface area contributed by atoms with Crippen molar-refractivity contribution < 1.29 is 14.3 Å². The van der Waals surface area contributed by atoms with Crippen LogP contribution in [0.2, 0.25) is 0 Å². The van der Waals surface area contributed by atoms with E-state index in [1.54, 1.807) is 17.0 Å². The Morgan fingerprint density at radius 1 is 1.00 bits per heavy atom. The molecule has 1 aliphatic rings. The van der Waals surface area contributed by atoms with Gasteiger partial charge in [0.2, 0.25) is 5.91 Å². The first-order valence-electron chi connectivity index (χ1n) is 11.6. The van der Waals surface area contributed by atoms with Crippen LogP contribution in [-0.4, -0.2) is 36.5 Å². The van der Waals surface area contributed by atoms with Crippen LogP contribution in [0, 0.1) is 0 Å². The van der Waals surface area contributed by atoms with Crippen LogP contribution in [-0.2, 0) is 9.59 Å². The average molecular weight is 454 g/mol. The lowest BCUT2D eigenvalue weighted by molar-refractivity contribution is -0.123. The first-order chi connectivity index (χ1) is 16.7. The molecule has 1 aromatic heterocycles. The largest absolute Gasteiger partial charge is 0.484 e. The second-order valence-corrected chi connectivity index (χ2v) is 8.49. The summed E-state index contributed by atoms with van der Waals surface area (Å²) in [5, 5.41) is 4.19. The van der Waals surface area contributed by atoms with Crippen molar-refractivity contribution >= 4 is 28.4 Å². The summed E-state index contributed by atoms with van der Waals surface area (Å²) in [6, 6.07) is 25.7. The highest BCUT2D eigenvalue weighted by Crippen LogP contribution is 2.30. The zero-order chi connectivity index (χ0) is 23.3. The van der Waals surface area contributed by atoms with E-state index in [1.165, 1.54) is 0 Å². The Balaban J connectivity index is 1.22. The van der Waals surface area contributed by atoms with Crippen LogP contribution in [0.15, 0.2) is 85.1 Å². The van der Waals surface area contributed by atoms with Gasteiger partial charge in [-0.2, -0.15) is 0 Å². The maximum absolute atomic E-state index is 12.6. The first-order valence-corrected chi connectivity index (χ1v) is 11.6. The number of hydrogen-bond donors (Lipinski definition) is 2. The SMILES string of the molecule is O=C(COc1ccc(N2CCCC2=O)cc1)NCC(c1ccccc1)c1c[nH]c2ccccc12. The van der Waals surface area contributed by atoms with E-state index in [4.69, 9.17) is 4.74 Å². The van der Waals surface area contributed by atoms with Gasteiger partial charge in [-0.15, -0.1) is 0 Å². The van der Waals surface area contributed by atoms with E-state index in [1.807, 2.05) is 48.7 Å². The summed E-state index contributed by atoms with van der Waals surface area (Å²) in [6.45, 7) is 1.14. The summed E-state index contributed by atoms with van der Waals surface area (Å²) in [5.41, 5.74) is 4.23. The first kappa shape index (κ1) is 21.8. The number of ether oxygens (including phenoxy) is 1. The number of hydrogen-bond acceptors (Lipinski definition) is 3. The van der Waals surface area contributed by atoms with E-state index in [0.29, 0.717) is 18.7 Å². The molecular formula is C28H27N3O3. The molecule has 0 aliphatic carbocycles. The maximum Gasteiger partial charge on any atom is 0.257 e. The van der Waals surface area contributed by atoms with Crippen LogP contribution in [0.25, 0.3) is 10.9 Å². The molecule has 6 heteroatoms. The number of rotatable bonds is 8. The number of carbonyl (C=O) groups is 2. The Kier molecular flexibility index (Phi) is 6.29. The standard InChI is InChI=1S/C28H27N3O3/c32-27(19-34-22-14-12-21(13-15-22)31-16-6-11-28(31)33)30-17-24(20-7-2-1-3-8-20)25-18-29-26-10-5-4-9-23(25)26/h1-5,7-10,12-15,18,24,29H,6,11,16-17,19H2,(H,30,32). The molecule has 3 aromatic carbocycles. The molecule has 1 aliphatic heterocycles. The molecule has 0 saturated carbocycles. The molecule has 2 heterocycles. The molecule has 1 saturated heterocycles. The van der Waals surface area contributed by atoms with E-state index < -0.39 is 0 Å². The van der Waals surface area contributed by atoms with Gasteiger partial charge in [-0.25, -0.2) is 0 Å². The predicted molar refractivity (Wildman–Crippen MR) is 133 cm³/mol. The van der Waals surface area contributed by atoms with Crippen molar-refractivity contribution in [1.29, 1.82) is 0 Å². The third-order valence-corrected chi connectivity index (χ3v) is 6.29. The number of amides is 2. The van der Waals surface area contributed by atoms with Crippen LogP contribution in [0.3, 0.4) is 0 Å². The molecule has 2 N–H and O–H groups in total. The summed E-state index contributed by atoms with van der Waals surface area (Å²) in [4.78, 5) is 29.6. The molecule has 1 unspecified atom stereocenters. The predicted octanol–water partition coefficient (Wildman–Crippen LogP) is 4.62. The fraction of sp³-hybridized carbons (Fsp3) is 0.214. The molecule has 1 fully saturated rings. The number of carbonyl (C=O) groups excluding carboxylic acids is 2. The van der Waals surface area contributed by atoms with Crippen molar-refractivity contribution in [3.63, 3.8) is 0 Å². The second kappa shape index (κ2) is 9.83. The van der Waals surface area contributed by atoms with Gasteiger partial charge in [0.25, 0.3) is 5.91 Å². The van der Waals surface area contributed by atoms with Crippen LogP contribution in [0.5, 0.6) is 5.75 Å². The van der Waals surface area contributed by atoms with Crippen molar-refractivity contribution in [2.75, 3.05) is 24.6 Å². The van der Waals surface area contributed by atoms with Gasteiger partial charge in [0.15, 0.2) is 6.61 Å². The summed E-state index contributed by atoms with van der Waals surface area (Å²) in [5.74, 6) is 0.580. The van der Waals surface area contributed by atoms with Crippen LogP contribution in [0.1, 0.15) is 29.9 Å². The van der Waals surface area contributed by atoms with Gasteiger partial charge in [0.1, 0.15) is 5.75 Å². The highest BCUT2D eigenvalue weighted by molar-refractivity contribution is 5.95. The molecule has 0 bridgehead atoms. The topological polar surface area (TPSA) is 74.4 Å². The van der Waals surface area contributed by atoms with Gasteiger partial charge >= 0.3 is 0 Å². The molecule has 0 spiro atoms. The van der Waals surface area contributed by atoms with Gasteiger partial charge < -0.3 is 19.9 Å². The second-order valence-electron chi connectivity index (χ2n) is 8.49. The fourth-order valence-electron chi connectivity index (χ4n) is 4.53. The highest BCUT2D eigenvalue weighted by Gasteiger charge is 2.22. The normalized spacial score (nSPS) is 14.4. The zero-order valence-electron chi connectivity index (χ0n) is 18.9. The highest BCUT2D eigenvalue weighted by atomic mass is 16.5. The summed E-state index contributed by atoms with van der Waals surface area (Å²) >= 11 is 0. The minimum absolute atomic E-state index is 0.0126. The Labute approximate surface area is 198 Å². The lowest BCUT2D eigenvalue weighted by atomic mass is 9.91. The zero-order valence-corrected chi connectivity index (χ0v) is 18.9. The van der Waals surface area contributed by atoms with Gasteiger partial charge in [0, 0.05) is 48.2 Å². The van der Waals surface area contributed by atoms with Crippen molar-refractivity contribution in [3.8, 4) is 5.75 Å². The third-order valence-electron chi connectivity index (χ3n) is 6.29. The lowest BCUT2D eigenvalue weighted by Crippen LogP contribution is -2.32. The Morgan fingerprint density at radius 3 is 2.53 bits per heavy atom. The molecule has 172 valence electrons.